The Labute approximate surface area is 153 Å². The molecule has 0 saturated carbocycles. The lowest BCUT2D eigenvalue weighted by Crippen LogP contribution is -2.38. The van der Waals surface area contributed by atoms with E-state index in [9.17, 15) is 4.79 Å². The molecule has 2 aromatic rings. The van der Waals surface area contributed by atoms with Crippen LogP contribution in [0.4, 0.5) is 16.2 Å². The highest BCUT2D eigenvalue weighted by atomic mass is 16.5. The van der Waals surface area contributed by atoms with Crippen molar-refractivity contribution in [2.24, 2.45) is 0 Å². The number of nitrogen functional groups attached to an aromatic ring is 2. The summed E-state index contributed by atoms with van der Waals surface area (Å²) in [6.07, 6.45) is 0. The molecule has 140 valence electrons. The number of hydrogen-bond donors (Lipinski definition) is 4. The van der Waals surface area contributed by atoms with Crippen LogP contribution in [0.1, 0.15) is 11.1 Å². The summed E-state index contributed by atoms with van der Waals surface area (Å²) < 4.78 is 11.0. The molecule has 0 aliphatic rings. The molecule has 0 atom stereocenters. The van der Waals surface area contributed by atoms with Crippen molar-refractivity contribution in [1.29, 1.82) is 0 Å². The fourth-order valence-electron chi connectivity index (χ4n) is 2.23. The maximum absolute atomic E-state index is 11.6. The van der Waals surface area contributed by atoms with Crippen molar-refractivity contribution >= 4 is 17.4 Å². The predicted octanol–water partition coefficient (Wildman–Crippen LogP) is 1.88. The molecule has 2 rings (SSSR count). The summed E-state index contributed by atoms with van der Waals surface area (Å²) in [7, 11) is 0. The van der Waals surface area contributed by atoms with E-state index in [1.54, 1.807) is 0 Å². The highest BCUT2D eigenvalue weighted by Crippen LogP contribution is 2.11. The van der Waals surface area contributed by atoms with E-state index in [0.29, 0.717) is 50.9 Å². The predicted molar refractivity (Wildman–Crippen MR) is 102 cm³/mol. The van der Waals surface area contributed by atoms with Gasteiger partial charge in [0, 0.05) is 35.6 Å². The molecule has 2 amide bonds. The van der Waals surface area contributed by atoms with Crippen LogP contribution in [0.25, 0.3) is 0 Å². The van der Waals surface area contributed by atoms with Crippen molar-refractivity contribution in [2.45, 2.75) is 13.2 Å². The first-order valence-corrected chi connectivity index (χ1v) is 8.51. The number of nitrogens with two attached hydrogens (primary N) is 2. The van der Waals surface area contributed by atoms with E-state index >= 15 is 0 Å². The Morgan fingerprint density at radius 1 is 0.769 bits per heavy atom. The van der Waals surface area contributed by atoms with Crippen LogP contribution in [0.3, 0.4) is 0 Å². The van der Waals surface area contributed by atoms with Gasteiger partial charge in [-0.15, -0.1) is 0 Å². The number of nitrogens with one attached hydrogen (secondary N) is 2. The SMILES string of the molecule is Nc1ccccc1COCCNC(=O)NCCOCc1ccccc1N. The van der Waals surface area contributed by atoms with Gasteiger partial charge in [0.1, 0.15) is 0 Å². The molecule has 0 aliphatic heterocycles. The molecule has 0 spiro atoms. The van der Waals surface area contributed by atoms with E-state index in [0.717, 1.165) is 11.1 Å². The van der Waals surface area contributed by atoms with E-state index < -0.39 is 0 Å². The maximum Gasteiger partial charge on any atom is 0.314 e. The second kappa shape index (κ2) is 11.0. The number of benzene rings is 2. The fraction of sp³-hybridized carbons (Fsp3) is 0.316. The third-order valence-corrected chi connectivity index (χ3v) is 3.69. The van der Waals surface area contributed by atoms with Crippen LogP contribution in [0.2, 0.25) is 0 Å². The summed E-state index contributed by atoms with van der Waals surface area (Å²) >= 11 is 0. The van der Waals surface area contributed by atoms with E-state index in [1.165, 1.54) is 0 Å². The quantitative estimate of drug-likeness (QED) is 0.383. The Balaban J connectivity index is 1.48. The van der Waals surface area contributed by atoms with E-state index in [1.807, 2.05) is 48.5 Å². The molecule has 0 aromatic heterocycles. The van der Waals surface area contributed by atoms with E-state index in [-0.39, 0.29) is 6.03 Å². The molecule has 0 aliphatic carbocycles. The van der Waals surface area contributed by atoms with E-state index in [4.69, 9.17) is 20.9 Å². The van der Waals surface area contributed by atoms with Gasteiger partial charge in [0.15, 0.2) is 0 Å². The molecule has 0 bridgehead atoms. The zero-order chi connectivity index (χ0) is 18.6. The molecule has 6 N–H and O–H groups in total. The number of ether oxygens (including phenoxy) is 2. The summed E-state index contributed by atoms with van der Waals surface area (Å²) in [5, 5.41) is 5.44. The van der Waals surface area contributed by atoms with Gasteiger partial charge in [0.05, 0.1) is 26.4 Å². The van der Waals surface area contributed by atoms with Gasteiger partial charge in [-0.05, 0) is 12.1 Å². The van der Waals surface area contributed by atoms with Crippen molar-refractivity contribution in [1.82, 2.24) is 10.6 Å². The number of para-hydroxylation sites is 2. The Morgan fingerprint density at radius 3 is 1.62 bits per heavy atom. The molecule has 0 saturated heterocycles. The van der Waals surface area contributed by atoms with Gasteiger partial charge < -0.3 is 31.6 Å². The summed E-state index contributed by atoms with van der Waals surface area (Å²) in [6, 6.07) is 14.8. The van der Waals surface area contributed by atoms with Gasteiger partial charge in [0.2, 0.25) is 0 Å². The monoisotopic (exact) mass is 358 g/mol. The summed E-state index contributed by atoms with van der Waals surface area (Å²) in [5.41, 5.74) is 14.9. The second-order valence-corrected chi connectivity index (χ2v) is 5.69. The zero-order valence-electron chi connectivity index (χ0n) is 14.7. The summed E-state index contributed by atoms with van der Waals surface area (Å²) in [6.45, 7) is 2.50. The largest absolute Gasteiger partial charge is 0.398 e. The minimum absolute atomic E-state index is 0.254. The van der Waals surface area contributed by atoms with Crippen LogP contribution in [0, 0.1) is 0 Å². The Morgan fingerprint density at radius 2 is 1.19 bits per heavy atom. The highest BCUT2D eigenvalue weighted by Gasteiger charge is 2.01. The van der Waals surface area contributed by atoms with Crippen molar-refractivity contribution in [3.63, 3.8) is 0 Å². The summed E-state index contributed by atoms with van der Waals surface area (Å²) in [5.74, 6) is 0. The number of carbonyl (C=O) groups is 1. The molecule has 26 heavy (non-hydrogen) atoms. The number of amides is 2. The Hall–Kier alpha value is -2.77. The minimum atomic E-state index is -0.254. The second-order valence-electron chi connectivity index (χ2n) is 5.69. The topological polar surface area (TPSA) is 112 Å². The van der Waals surface area contributed by atoms with Gasteiger partial charge in [0.25, 0.3) is 0 Å². The van der Waals surface area contributed by atoms with Crippen LogP contribution in [0.5, 0.6) is 0 Å². The molecular formula is C19H26N4O3. The molecule has 2 aromatic carbocycles. The fourth-order valence-corrected chi connectivity index (χ4v) is 2.23. The van der Waals surface area contributed by atoms with Gasteiger partial charge in [-0.2, -0.15) is 0 Å². The van der Waals surface area contributed by atoms with Gasteiger partial charge in [-0.25, -0.2) is 4.79 Å². The Kier molecular flexibility index (Phi) is 8.25. The zero-order valence-corrected chi connectivity index (χ0v) is 14.7. The first-order chi connectivity index (χ1) is 12.7. The van der Waals surface area contributed by atoms with Crippen molar-refractivity contribution in [2.75, 3.05) is 37.8 Å². The average Bonchev–Trinajstić information content (AvgIpc) is 2.64. The molecule has 0 unspecified atom stereocenters. The molecule has 0 radical (unpaired) electrons. The lowest BCUT2D eigenvalue weighted by Gasteiger charge is -2.10. The van der Waals surface area contributed by atoms with Crippen molar-refractivity contribution < 1.29 is 14.3 Å². The van der Waals surface area contributed by atoms with Crippen LogP contribution < -0.4 is 22.1 Å². The number of carbonyl (C=O) groups excluding carboxylic acids is 1. The molecular weight excluding hydrogens is 332 g/mol. The number of anilines is 2. The molecule has 0 heterocycles. The third-order valence-electron chi connectivity index (χ3n) is 3.69. The van der Waals surface area contributed by atoms with Crippen molar-refractivity contribution in [3.8, 4) is 0 Å². The van der Waals surface area contributed by atoms with Gasteiger partial charge in [-0.3, -0.25) is 0 Å². The lowest BCUT2D eigenvalue weighted by atomic mass is 10.2. The first kappa shape index (κ1) is 19.6. The highest BCUT2D eigenvalue weighted by molar-refractivity contribution is 5.73. The minimum Gasteiger partial charge on any atom is -0.398 e. The Bertz CT molecular complexity index is 636. The third kappa shape index (κ3) is 7.00. The van der Waals surface area contributed by atoms with Crippen LogP contribution in [-0.2, 0) is 22.7 Å². The molecule has 0 fully saturated rings. The number of rotatable bonds is 10. The standard InChI is InChI=1S/C19H26N4O3/c20-17-7-3-1-5-15(17)13-25-11-9-22-19(24)23-10-12-26-14-16-6-2-4-8-18(16)21/h1-8H,9-14,20-21H2,(H2,22,23,24). The normalized spacial score (nSPS) is 10.5. The van der Waals surface area contributed by atoms with Crippen LogP contribution in [-0.4, -0.2) is 32.3 Å². The summed E-state index contributed by atoms with van der Waals surface area (Å²) in [4.78, 5) is 11.6. The number of hydrogen-bond acceptors (Lipinski definition) is 5. The smallest absolute Gasteiger partial charge is 0.314 e. The first-order valence-electron chi connectivity index (χ1n) is 8.51. The van der Waals surface area contributed by atoms with Gasteiger partial charge in [-0.1, -0.05) is 36.4 Å². The van der Waals surface area contributed by atoms with Crippen molar-refractivity contribution in [3.05, 3.63) is 59.7 Å². The van der Waals surface area contributed by atoms with Gasteiger partial charge >= 0.3 is 6.03 Å². The van der Waals surface area contributed by atoms with E-state index in [2.05, 4.69) is 10.6 Å². The lowest BCUT2D eigenvalue weighted by molar-refractivity contribution is 0.120. The average molecular weight is 358 g/mol. The van der Waals surface area contributed by atoms with Crippen LogP contribution in [0.15, 0.2) is 48.5 Å². The maximum atomic E-state index is 11.6. The number of urea groups is 1. The molecule has 7 heteroatoms. The van der Waals surface area contributed by atoms with Crippen LogP contribution >= 0.6 is 0 Å². The molecule has 7 nitrogen and oxygen atoms in total.